The van der Waals surface area contributed by atoms with Crippen LogP contribution >= 0.6 is 0 Å². The van der Waals surface area contributed by atoms with Crippen molar-refractivity contribution in [3.63, 3.8) is 0 Å². The van der Waals surface area contributed by atoms with Gasteiger partial charge in [-0.1, -0.05) is 91.0 Å². The second-order valence-electron chi connectivity index (χ2n) is 10.2. The molecule has 0 saturated carbocycles. The van der Waals surface area contributed by atoms with Crippen molar-refractivity contribution < 1.29 is 19.1 Å². The number of carbonyl (C=O) groups is 2. The maximum absolute atomic E-state index is 14.1. The van der Waals surface area contributed by atoms with Gasteiger partial charge in [-0.05, 0) is 30.0 Å². The van der Waals surface area contributed by atoms with E-state index in [1.54, 1.807) is 9.47 Å². The SMILES string of the molecule is CC(=O)c1cn2c(c(OCc3ccccc3)c1=O)C(=O)N1CCCO[C@@H]1[C@@H]2C(c1ccccc1)c1ccccc1. The van der Waals surface area contributed by atoms with Gasteiger partial charge in [-0.25, -0.2) is 0 Å². The van der Waals surface area contributed by atoms with E-state index in [1.165, 1.54) is 13.1 Å². The number of ketones is 1. The highest BCUT2D eigenvalue weighted by atomic mass is 16.5. The standard InChI is InChI=1S/C33H30N2O5/c1-22(36)26-20-35-28(27(24-14-7-3-8-15-24)25-16-9-4-10-17-25)33-34(18-11-19-39-33)32(38)29(35)31(30(26)37)40-21-23-12-5-2-6-13-23/h2-10,12-17,20,27-28,33H,11,18-19,21H2,1H3/t28-,33+/m0/s1. The molecule has 4 aromatic rings. The molecule has 2 atom stereocenters. The molecule has 7 heteroatoms. The van der Waals surface area contributed by atoms with Crippen molar-refractivity contribution in [2.24, 2.45) is 0 Å². The Hall–Kier alpha value is -4.49. The lowest BCUT2D eigenvalue weighted by molar-refractivity contribution is -0.114. The van der Waals surface area contributed by atoms with Crippen molar-refractivity contribution in [1.29, 1.82) is 0 Å². The Labute approximate surface area is 232 Å². The van der Waals surface area contributed by atoms with Gasteiger partial charge in [0.2, 0.25) is 5.43 Å². The largest absolute Gasteiger partial charge is 0.483 e. The van der Waals surface area contributed by atoms with Gasteiger partial charge in [0.05, 0.1) is 18.2 Å². The topological polar surface area (TPSA) is 77.8 Å². The van der Waals surface area contributed by atoms with Gasteiger partial charge in [-0.15, -0.1) is 0 Å². The molecule has 1 amide bonds. The first-order chi connectivity index (χ1) is 19.5. The molecule has 2 aliphatic rings. The van der Waals surface area contributed by atoms with Crippen LogP contribution in [0.4, 0.5) is 0 Å². The van der Waals surface area contributed by atoms with Crippen molar-refractivity contribution in [3.05, 3.63) is 135 Å². The fraction of sp³-hybridized carbons (Fsp3) is 0.242. The van der Waals surface area contributed by atoms with Crippen LogP contribution in [0.2, 0.25) is 0 Å². The van der Waals surface area contributed by atoms with Crippen LogP contribution in [0.15, 0.2) is 102 Å². The predicted molar refractivity (Wildman–Crippen MR) is 151 cm³/mol. The summed E-state index contributed by atoms with van der Waals surface area (Å²) in [5.74, 6) is -1.07. The summed E-state index contributed by atoms with van der Waals surface area (Å²) in [5, 5.41) is 0. The number of ether oxygens (including phenoxy) is 2. The molecule has 3 heterocycles. The van der Waals surface area contributed by atoms with Gasteiger partial charge < -0.3 is 18.9 Å². The molecule has 0 unspecified atom stereocenters. The van der Waals surface area contributed by atoms with Gasteiger partial charge in [0, 0.05) is 18.7 Å². The lowest BCUT2D eigenvalue weighted by Gasteiger charge is -2.48. The minimum absolute atomic E-state index is 0.0197. The molecule has 0 aliphatic carbocycles. The minimum atomic E-state index is -0.594. The highest BCUT2D eigenvalue weighted by Gasteiger charge is 2.48. The highest BCUT2D eigenvalue weighted by molar-refractivity contribution is 5.99. The first-order valence-electron chi connectivity index (χ1n) is 13.5. The van der Waals surface area contributed by atoms with Gasteiger partial charge in [0.15, 0.2) is 23.5 Å². The van der Waals surface area contributed by atoms with E-state index in [0.717, 1.165) is 16.7 Å². The van der Waals surface area contributed by atoms with E-state index >= 15 is 0 Å². The number of carbonyl (C=O) groups excluding carboxylic acids is 2. The molecule has 7 nitrogen and oxygen atoms in total. The highest BCUT2D eigenvalue weighted by Crippen LogP contribution is 2.44. The van der Waals surface area contributed by atoms with Crippen LogP contribution in [-0.4, -0.2) is 40.5 Å². The first-order valence-corrected chi connectivity index (χ1v) is 13.5. The van der Waals surface area contributed by atoms with Crippen LogP contribution < -0.4 is 10.2 Å². The number of rotatable bonds is 7. The number of Topliss-reactive ketones (excluding diaryl/α,β-unsaturated/α-hetero) is 1. The average Bonchev–Trinajstić information content (AvgIpc) is 3.00. The molecular formula is C33H30N2O5. The molecule has 0 bridgehead atoms. The summed E-state index contributed by atoms with van der Waals surface area (Å²) in [6, 6.07) is 29.1. The monoisotopic (exact) mass is 534 g/mol. The van der Waals surface area contributed by atoms with E-state index < -0.39 is 17.7 Å². The van der Waals surface area contributed by atoms with E-state index in [0.29, 0.717) is 19.6 Å². The van der Waals surface area contributed by atoms with E-state index in [2.05, 4.69) is 24.3 Å². The summed E-state index contributed by atoms with van der Waals surface area (Å²) in [6.45, 7) is 2.45. The van der Waals surface area contributed by atoms with E-state index in [-0.39, 0.29) is 41.2 Å². The van der Waals surface area contributed by atoms with E-state index in [4.69, 9.17) is 9.47 Å². The Kier molecular flexibility index (Phi) is 7.05. The van der Waals surface area contributed by atoms with Crippen molar-refractivity contribution in [2.75, 3.05) is 13.2 Å². The summed E-state index contributed by atoms with van der Waals surface area (Å²) in [4.78, 5) is 42.2. The van der Waals surface area contributed by atoms with E-state index in [9.17, 15) is 14.4 Å². The summed E-state index contributed by atoms with van der Waals surface area (Å²) >= 11 is 0. The molecule has 202 valence electrons. The molecule has 3 aromatic carbocycles. The third-order valence-electron chi connectivity index (χ3n) is 7.67. The average molecular weight is 535 g/mol. The summed E-state index contributed by atoms with van der Waals surface area (Å²) in [5.41, 5.74) is 2.46. The molecule has 0 spiro atoms. The van der Waals surface area contributed by atoms with Gasteiger partial charge in [0.1, 0.15) is 6.61 Å². The smallest absolute Gasteiger partial charge is 0.276 e. The van der Waals surface area contributed by atoms with Crippen LogP contribution in [0.25, 0.3) is 0 Å². The normalized spacial score (nSPS) is 18.2. The molecular weight excluding hydrogens is 504 g/mol. The molecule has 0 N–H and O–H groups in total. The molecule has 1 aromatic heterocycles. The van der Waals surface area contributed by atoms with Crippen molar-refractivity contribution in [2.45, 2.75) is 38.1 Å². The number of hydrogen-bond donors (Lipinski definition) is 0. The van der Waals surface area contributed by atoms with Crippen molar-refractivity contribution in [3.8, 4) is 5.75 Å². The van der Waals surface area contributed by atoms with Crippen LogP contribution in [0.3, 0.4) is 0 Å². The van der Waals surface area contributed by atoms with Crippen molar-refractivity contribution in [1.82, 2.24) is 9.47 Å². The molecule has 6 rings (SSSR count). The van der Waals surface area contributed by atoms with Crippen LogP contribution in [0.5, 0.6) is 5.75 Å². The predicted octanol–water partition coefficient (Wildman–Crippen LogP) is 5.21. The molecule has 2 aliphatic heterocycles. The number of hydrogen-bond acceptors (Lipinski definition) is 5. The molecule has 1 fully saturated rings. The fourth-order valence-electron chi connectivity index (χ4n) is 5.83. The summed E-state index contributed by atoms with van der Waals surface area (Å²) in [7, 11) is 0. The zero-order valence-electron chi connectivity index (χ0n) is 22.2. The second kappa shape index (κ2) is 10.9. The van der Waals surface area contributed by atoms with Crippen LogP contribution in [-0.2, 0) is 11.3 Å². The Morgan fingerprint density at radius 1 is 0.925 bits per heavy atom. The first kappa shape index (κ1) is 25.8. The van der Waals surface area contributed by atoms with Crippen molar-refractivity contribution >= 4 is 11.7 Å². The van der Waals surface area contributed by atoms with Gasteiger partial charge >= 0.3 is 0 Å². The van der Waals surface area contributed by atoms with Crippen LogP contribution in [0.1, 0.15) is 62.8 Å². The Balaban J connectivity index is 1.60. The van der Waals surface area contributed by atoms with Gasteiger partial charge in [0.25, 0.3) is 5.91 Å². The summed E-state index contributed by atoms with van der Waals surface area (Å²) in [6.07, 6.45) is 1.63. The second-order valence-corrected chi connectivity index (χ2v) is 10.2. The molecule has 40 heavy (non-hydrogen) atoms. The zero-order valence-corrected chi connectivity index (χ0v) is 22.2. The number of pyridine rings is 1. The third-order valence-corrected chi connectivity index (χ3v) is 7.67. The maximum Gasteiger partial charge on any atom is 0.276 e. The Morgan fingerprint density at radius 2 is 1.52 bits per heavy atom. The Bertz CT molecular complexity index is 1540. The zero-order chi connectivity index (χ0) is 27.6. The third kappa shape index (κ3) is 4.62. The van der Waals surface area contributed by atoms with Gasteiger partial charge in [-0.2, -0.15) is 0 Å². The minimum Gasteiger partial charge on any atom is -0.483 e. The fourth-order valence-corrected chi connectivity index (χ4v) is 5.83. The number of nitrogens with zero attached hydrogens (tertiary/aromatic N) is 2. The number of fused-ring (bicyclic) bond motifs is 2. The lowest BCUT2D eigenvalue weighted by atomic mass is 9.82. The molecule has 0 radical (unpaired) electrons. The lowest BCUT2D eigenvalue weighted by Crippen LogP contribution is -2.57. The van der Waals surface area contributed by atoms with E-state index in [1.807, 2.05) is 66.7 Å². The number of amides is 1. The number of benzene rings is 3. The molecule has 1 saturated heterocycles. The van der Waals surface area contributed by atoms with Crippen LogP contribution in [0, 0.1) is 0 Å². The summed E-state index contributed by atoms with van der Waals surface area (Å²) < 4.78 is 14.2. The Morgan fingerprint density at radius 3 is 2.12 bits per heavy atom. The maximum atomic E-state index is 14.1. The number of aromatic nitrogens is 1. The quantitative estimate of drug-likeness (QED) is 0.305. The van der Waals surface area contributed by atoms with Gasteiger partial charge in [-0.3, -0.25) is 14.4 Å².